The first-order valence-corrected chi connectivity index (χ1v) is 8.97. The van der Waals surface area contributed by atoms with Crippen LogP contribution in [-0.2, 0) is 0 Å². The Balaban J connectivity index is 0. The Kier molecular flexibility index (Phi) is 22.7. The van der Waals surface area contributed by atoms with Crippen LogP contribution >= 0.6 is 0 Å². The minimum absolute atomic E-state index is 1.34. The maximum absolute atomic E-state index is 2.27. The third-order valence-electron chi connectivity index (χ3n) is 3.49. The van der Waals surface area contributed by atoms with E-state index < -0.39 is 0 Å². The smallest absolute Gasteiger partial charge is 0.0766 e. The van der Waals surface area contributed by atoms with Crippen LogP contribution < -0.4 is 4.90 Å². The van der Waals surface area contributed by atoms with E-state index in [9.17, 15) is 0 Å². The number of unbranched alkanes of at least 4 members (excludes halogenated alkanes) is 10. The van der Waals surface area contributed by atoms with Crippen LogP contribution in [0.15, 0.2) is 0 Å². The van der Waals surface area contributed by atoms with Gasteiger partial charge < -0.3 is 4.90 Å². The molecule has 0 fully saturated rings. The van der Waals surface area contributed by atoms with Crippen molar-refractivity contribution in [1.82, 2.24) is 0 Å². The second kappa shape index (κ2) is 20.3. The van der Waals surface area contributed by atoms with Gasteiger partial charge in [-0.1, -0.05) is 85.0 Å². The van der Waals surface area contributed by atoms with Gasteiger partial charge in [0.1, 0.15) is 0 Å². The molecule has 0 aliphatic carbocycles. The van der Waals surface area contributed by atoms with Gasteiger partial charge >= 0.3 is 0 Å². The highest BCUT2D eigenvalue weighted by Gasteiger charge is 1.93. The molecule has 0 aliphatic heterocycles. The maximum Gasteiger partial charge on any atom is 0.0766 e. The molecule has 0 rings (SSSR count). The average Bonchev–Trinajstić information content (AvgIpc) is 2.39. The fourth-order valence-electron chi connectivity index (χ4n) is 2.11. The first kappa shape index (κ1) is 21.3. The van der Waals surface area contributed by atoms with E-state index >= 15 is 0 Å². The van der Waals surface area contributed by atoms with E-state index in [0.29, 0.717) is 0 Å². The second-order valence-corrected chi connectivity index (χ2v) is 6.14. The molecule has 118 valence electrons. The monoisotopic (exact) mass is 272 g/mol. The van der Waals surface area contributed by atoms with Crippen LogP contribution in [0, 0.1) is 0 Å². The van der Waals surface area contributed by atoms with Crippen molar-refractivity contribution in [3.8, 4) is 0 Å². The third kappa shape index (κ3) is 27.2. The van der Waals surface area contributed by atoms with Crippen LogP contribution in [0.2, 0.25) is 0 Å². The molecule has 0 bridgehead atoms. The quantitative estimate of drug-likeness (QED) is 0.484. The van der Waals surface area contributed by atoms with Crippen LogP contribution in [0.25, 0.3) is 0 Å². The Hall–Kier alpha value is -0.0400. The summed E-state index contributed by atoms with van der Waals surface area (Å²) in [5.41, 5.74) is 0. The van der Waals surface area contributed by atoms with E-state index in [1.807, 2.05) is 0 Å². The lowest BCUT2D eigenvalue weighted by Crippen LogP contribution is -3.05. The van der Waals surface area contributed by atoms with Gasteiger partial charge in [0.2, 0.25) is 0 Å². The molecule has 0 unspecified atom stereocenters. The van der Waals surface area contributed by atoms with Gasteiger partial charge in [0.15, 0.2) is 0 Å². The lowest BCUT2D eigenvalue weighted by atomic mass is 10.1. The molecule has 1 heteroatoms. The number of hydrogen-bond acceptors (Lipinski definition) is 0. The van der Waals surface area contributed by atoms with Crippen molar-refractivity contribution in [3.63, 3.8) is 0 Å². The van der Waals surface area contributed by atoms with Gasteiger partial charge in [-0.15, -0.1) is 0 Å². The van der Waals surface area contributed by atoms with E-state index in [4.69, 9.17) is 0 Å². The zero-order chi connectivity index (χ0) is 14.8. The van der Waals surface area contributed by atoms with Gasteiger partial charge in [0.05, 0.1) is 20.6 Å². The topological polar surface area (TPSA) is 4.44 Å². The number of hydrogen-bond donors (Lipinski definition) is 1. The molecule has 0 saturated heterocycles. The summed E-state index contributed by atoms with van der Waals surface area (Å²) in [5.74, 6) is 0. The average molecular weight is 273 g/mol. The van der Waals surface area contributed by atoms with E-state index in [0.717, 1.165) is 0 Å². The highest BCUT2D eigenvalue weighted by Crippen LogP contribution is 2.04. The second-order valence-electron chi connectivity index (χ2n) is 6.14. The van der Waals surface area contributed by atoms with Crippen molar-refractivity contribution in [1.29, 1.82) is 0 Å². The minimum Gasteiger partial charge on any atom is -0.340 e. The largest absolute Gasteiger partial charge is 0.340 e. The highest BCUT2D eigenvalue weighted by molar-refractivity contribution is 4.42. The Morgan fingerprint density at radius 1 is 0.474 bits per heavy atom. The predicted molar refractivity (Wildman–Crippen MR) is 90.1 cm³/mol. The Morgan fingerprint density at radius 3 is 1.11 bits per heavy atom. The Bertz CT molecular complexity index is 126. The summed E-state index contributed by atoms with van der Waals surface area (Å²) < 4.78 is 0. The summed E-state index contributed by atoms with van der Waals surface area (Å²) in [5, 5.41) is 0. The number of nitrogens with one attached hydrogen (secondary N) is 1. The van der Waals surface area contributed by atoms with Crippen LogP contribution in [0.3, 0.4) is 0 Å². The van der Waals surface area contributed by atoms with Gasteiger partial charge in [-0.3, -0.25) is 0 Å². The summed E-state index contributed by atoms with van der Waals surface area (Å²) in [6.45, 7) is 8.12. The molecule has 0 aliphatic rings. The van der Waals surface area contributed by atoms with Crippen LogP contribution in [0.5, 0.6) is 0 Å². The van der Waals surface area contributed by atoms with Crippen LogP contribution in [-0.4, -0.2) is 20.6 Å². The summed E-state index contributed by atoms with van der Waals surface area (Å²) in [6.07, 6.45) is 17.0. The molecular weight excluding hydrogens is 230 g/mol. The van der Waals surface area contributed by atoms with Crippen molar-refractivity contribution in [2.45, 2.75) is 97.8 Å². The van der Waals surface area contributed by atoms with E-state index in [-0.39, 0.29) is 0 Å². The van der Waals surface area contributed by atoms with E-state index in [1.165, 1.54) is 83.6 Å². The van der Waals surface area contributed by atoms with Crippen molar-refractivity contribution in [3.05, 3.63) is 0 Å². The SMILES string of the molecule is CCCCCCCC.CCCCCCCC[NH+](C)C. The summed E-state index contributed by atoms with van der Waals surface area (Å²) >= 11 is 0. The molecule has 19 heavy (non-hydrogen) atoms. The third-order valence-corrected chi connectivity index (χ3v) is 3.49. The standard InChI is InChI=1S/C10H23N.C8H18/c1-4-5-6-7-8-9-10-11(2)3;1-3-5-7-8-6-4-2/h4-10H2,1-3H3;3-8H2,1-2H3/p+1. The van der Waals surface area contributed by atoms with Crippen molar-refractivity contribution < 1.29 is 4.90 Å². The zero-order valence-corrected chi connectivity index (χ0v) is 14.7. The van der Waals surface area contributed by atoms with E-state index in [2.05, 4.69) is 34.9 Å². The zero-order valence-electron chi connectivity index (χ0n) is 14.7. The molecule has 0 atom stereocenters. The van der Waals surface area contributed by atoms with Gasteiger partial charge in [0.25, 0.3) is 0 Å². The summed E-state index contributed by atoms with van der Waals surface area (Å²) in [6, 6.07) is 0. The van der Waals surface area contributed by atoms with Gasteiger partial charge in [0, 0.05) is 0 Å². The molecule has 0 aromatic carbocycles. The van der Waals surface area contributed by atoms with Gasteiger partial charge in [-0.05, 0) is 12.8 Å². The highest BCUT2D eigenvalue weighted by atomic mass is 15.0. The first-order valence-electron chi connectivity index (χ1n) is 8.97. The molecule has 0 aromatic heterocycles. The lowest BCUT2D eigenvalue weighted by Gasteiger charge is -2.05. The molecule has 0 aromatic rings. The summed E-state index contributed by atoms with van der Waals surface area (Å²) in [4.78, 5) is 1.58. The number of rotatable bonds is 12. The van der Waals surface area contributed by atoms with Crippen molar-refractivity contribution in [2.75, 3.05) is 20.6 Å². The fraction of sp³-hybridized carbons (Fsp3) is 1.00. The first-order chi connectivity index (χ1) is 9.18. The Morgan fingerprint density at radius 2 is 0.789 bits per heavy atom. The molecule has 0 amide bonds. The molecule has 1 nitrogen and oxygen atoms in total. The lowest BCUT2D eigenvalue weighted by molar-refractivity contribution is -0.858. The fourth-order valence-corrected chi connectivity index (χ4v) is 2.11. The molecule has 0 spiro atoms. The van der Waals surface area contributed by atoms with Gasteiger partial charge in [-0.2, -0.15) is 0 Å². The molecule has 1 N–H and O–H groups in total. The normalized spacial score (nSPS) is 10.4. The van der Waals surface area contributed by atoms with Crippen molar-refractivity contribution >= 4 is 0 Å². The van der Waals surface area contributed by atoms with Gasteiger partial charge in [-0.25, -0.2) is 0 Å². The maximum atomic E-state index is 2.27. The molecule has 0 radical (unpaired) electrons. The number of quaternary nitrogens is 1. The minimum atomic E-state index is 1.34. The van der Waals surface area contributed by atoms with Crippen molar-refractivity contribution in [2.24, 2.45) is 0 Å². The van der Waals surface area contributed by atoms with Crippen LogP contribution in [0.1, 0.15) is 97.8 Å². The van der Waals surface area contributed by atoms with Crippen LogP contribution in [0.4, 0.5) is 0 Å². The molecule has 0 heterocycles. The van der Waals surface area contributed by atoms with E-state index in [1.54, 1.807) is 4.90 Å². The Labute approximate surface area is 124 Å². The predicted octanol–water partition coefficient (Wildman–Crippen LogP) is 4.86. The molecular formula is C18H42N+. The molecule has 0 saturated carbocycles. The summed E-state index contributed by atoms with van der Waals surface area (Å²) in [7, 11) is 4.46.